The van der Waals surface area contributed by atoms with Crippen molar-refractivity contribution in [2.45, 2.75) is 31.8 Å². The van der Waals surface area contributed by atoms with Gasteiger partial charge in [0.15, 0.2) is 0 Å². The lowest BCUT2D eigenvalue weighted by Gasteiger charge is -2.17. The van der Waals surface area contributed by atoms with E-state index in [1.807, 2.05) is 60.7 Å². The van der Waals surface area contributed by atoms with E-state index in [4.69, 9.17) is 0 Å². The molecule has 0 saturated carbocycles. The van der Waals surface area contributed by atoms with Crippen LogP contribution in [-0.4, -0.2) is 22.3 Å². The van der Waals surface area contributed by atoms with E-state index in [0.717, 1.165) is 17.5 Å². The second-order valence-corrected chi connectivity index (χ2v) is 5.64. The van der Waals surface area contributed by atoms with Crippen molar-refractivity contribution in [3.63, 3.8) is 0 Å². The molecule has 0 unspecified atom stereocenters. The number of hydrogen-bond acceptors (Lipinski definition) is 2. The van der Waals surface area contributed by atoms with Gasteiger partial charge >= 0.3 is 5.97 Å². The average Bonchev–Trinajstić information content (AvgIpc) is 2.54. The zero-order valence-electron chi connectivity index (χ0n) is 12.6. The average molecular weight is 298 g/mol. The van der Waals surface area contributed by atoms with Gasteiger partial charge in [0, 0.05) is 0 Å². The maximum absolute atomic E-state index is 11.4. The highest BCUT2D eigenvalue weighted by atomic mass is 16.4. The Hall–Kier alpha value is -2.13. The van der Waals surface area contributed by atoms with E-state index < -0.39 is 18.0 Å². The van der Waals surface area contributed by atoms with Gasteiger partial charge in [0.05, 0.1) is 12.0 Å². The highest BCUT2D eigenvalue weighted by molar-refractivity contribution is 5.70. The van der Waals surface area contributed by atoms with Gasteiger partial charge in [-0.2, -0.15) is 0 Å². The van der Waals surface area contributed by atoms with Crippen molar-refractivity contribution in [2.75, 3.05) is 0 Å². The predicted octanol–water partition coefficient (Wildman–Crippen LogP) is 3.31. The molecule has 2 atom stereocenters. The predicted molar refractivity (Wildman–Crippen MR) is 86.7 cm³/mol. The minimum Gasteiger partial charge on any atom is -0.481 e. The molecule has 0 bridgehead atoms. The van der Waals surface area contributed by atoms with Crippen LogP contribution in [0.2, 0.25) is 0 Å². The third-order valence-corrected chi connectivity index (χ3v) is 3.84. The number of rotatable bonds is 8. The maximum atomic E-state index is 11.4. The summed E-state index contributed by atoms with van der Waals surface area (Å²) in [5, 5.41) is 19.5. The monoisotopic (exact) mass is 298 g/mol. The molecule has 2 aromatic carbocycles. The fraction of sp³-hybridized carbons (Fsp3) is 0.316. The fourth-order valence-corrected chi connectivity index (χ4v) is 2.59. The normalized spacial score (nSPS) is 13.5. The Bertz CT molecular complexity index is 566. The second-order valence-electron chi connectivity index (χ2n) is 5.64. The number of carboxylic acids is 1. The number of aliphatic hydroxyl groups is 1. The Morgan fingerprint density at radius 1 is 0.909 bits per heavy atom. The number of aliphatic hydroxyl groups excluding tert-OH is 1. The first kappa shape index (κ1) is 16.2. The molecule has 22 heavy (non-hydrogen) atoms. The fourth-order valence-electron chi connectivity index (χ4n) is 2.59. The van der Waals surface area contributed by atoms with E-state index in [9.17, 15) is 15.0 Å². The van der Waals surface area contributed by atoms with Crippen LogP contribution < -0.4 is 0 Å². The van der Waals surface area contributed by atoms with Crippen LogP contribution in [0, 0.1) is 5.92 Å². The van der Waals surface area contributed by atoms with E-state index in [-0.39, 0.29) is 6.42 Å². The molecule has 2 rings (SSSR count). The lowest BCUT2D eigenvalue weighted by molar-refractivity contribution is -0.142. The van der Waals surface area contributed by atoms with Crippen LogP contribution in [0.3, 0.4) is 0 Å². The van der Waals surface area contributed by atoms with Crippen molar-refractivity contribution in [3.8, 4) is 0 Å². The van der Waals surface area contributed by atoms with Gasteiger partial charge in [0.25, 0.3) is 0 Å². The van der Waals surface area contributed by atoms with Crippen LogP contribution >= 0.6 is 0 Å². The third-order valence-electron chi connectivity index (χ3n) is 3.84. The Balaban J connectivity index is 1.86. The highest BCUT2D eigenvalue weighted by Gasteiger charge is 2.21. The number of benzene rings is 2. The first-order chi connectivity index (χ1) is 10.6. The lowest BCUT2D eigenvalue weighted by atomic mass is 9.92. The third kappa shape index (κ3) is 5.34. The number of carboxylic acid groups (broad SMARTS) is 1. The molecule has 0 fully saturated rings. The molecule has 0 saturated heterocycles. The molecule has 0 heterocycles. The van der Waals surface area contributed by atoms with Gasteiger partial charge in [-0.05, 0) is 36.8 Å². The molecule has 2 aromatic rings. The van der Waals surface area contributed by atoms with Crippen LogP contribution in [-0.2, 0) is 17.6 Å². The van der Waals surface area contributed by atoms with Gasteiger partial charge in [0.2, 0.25) is 0 Å². The summed E-state index contributed by atoms with van der Waals surface area (Å²) in [7, 11) is 0. The standard InChI is InChI=1S/C19H22O3/c20-18(12-11-15-7-3-1-4-8-15)14-17(19(21)22)13-16-9-5-2-6-10-16/h1-10,17-18,20H,11-14H2,(H,21,22)/t17-,18+/m1/s1. The molecule has 0 aromatic heterocycles. The highest BCUT2D eigenvalue weighted by Crippen LogP contribution is 2.17. The van der Waals surface area contributed by atoms with Crippen LogP contribution in [0.5, 0.6) is 0 Å². The van der Waals surface area contributed by atoms with Gasteiger partial charge < -0.3 is 10.2 Å². The Labute approximate surface area is 131 Å². The van der Waals surface area contributed by atoms with Crippen molar-refractivity contribution in [2.24, 2.45) is 5.92 Å². The van der Waals surface area contributed by atoms with Gasteiger partial charge in [-0.1, -0.05) is 60.7 Å². The summed E-state index contributed by atoms with van der Waals surface area (Å²) < 4.78 is 0. The smallest absolute Gasteiger partial charge is 0.306 e. The minimum absolute atomic E-state index is 0.289. The van der Waals surface area contributed by atoms with Crippen molar-refractivity contribution in [3.05, 3.63) is 71.8 Å². The summed E-state index contributed by atoms with van der Waals surface area (Å²) in [6.45, 7) is 0. The summed E-state index contributed by atoms with van der Waals surface area (Å²) >= 11 is 0. The first-order valence-corrected chi connectivity index (χ1v) is 7.64. The largest absolute Gasteiger partial charge is 0.481 e. The molecule has 0 radical (unpaired) electrons. The van der Waals surface area contributed by atoms with E-state index in [2.05, 4.69) is 0 Å². The van der Waals surface area contributed by atoms with E-state index in [1.165, 1.54) is 0 Å². The summed E-state index contributed by atoms with van der Waals surface area (Å²) in [6, 6.07) is 19.5. The summed E-state index contributed by atoms with van der Waals surface area (Å²) in [5.74, 6) is -1.39. The zero-order valence-corrected chi connectivity index (χ0v) is 12.6. The molecule has 0 aliphatic rings. The quantitative estimate of drug-likeness (QED) is 0.786. The number of carbonyl (C=O) groups is 1. The molecule has 116 valence electrons. The molecular formula is C19H22O3. The molecule has 0 spiro atoms. The summed E-state index contributed by atoms with van der Waals surface area (Å²) in [6.07, 6.45) is 1.50. The SMILES string of the molecule is O=C(O)[C@H](Cc1ccccc1)C[C@@H](O)CCc1ccccc1. The van der Waals surface area contributed by atoms with E-state index in [1.54, 1.807) is 0 Å². The van der Waals surface area contributed by atoms with Gasteiger partial charge in [0.1, 0.15) is 0 Å². The molecule has 0 aliphatic carbocycles. The second kappa shape index (κ2) is 8.35. The summed E-state index contributed by atoms with van der Waals surface area (Å²) in [5.41, 5.74) is 2.15. The van der Waals surface area contributed by atoms with Crippen molar-refractivity contribution >= 4 is 5.97 Å². The molecule has 0 amide bonds. The topological polar surface area (TPSA) is 57.5 Å². The first-order valence-electron chi connectivity index (χ1n) is 7.64. The van der Waals surface area contributed by atoms with Crippen molar-refractivity contribution < 1.29 is 15.0 Å². The van der Waals surface area contributed by atoms with Gasteiger partial charge in [-0.15, -0.1) is 0 Å². The van der Waals surface area contributed by atoms with Crippen LogP contribution in [0.4, 0.5) is 0 Å². The molecule has 3 heteroatoms. The number of aryl methyl sites for hydroxylation is 1. The zero-order chi connectivity index (χ0) is 15.8. The Morgan fingerprint density at radius 2 is 1.45 bits per heavy atom. The minimum atomic E-state index is -0.845. The molecule has 0 aliphatic heterocycles. The van der Waals surface area contributed by atoms with Gasteiger partial charge in [-0.25, -0.2) is 0 Å². The van der Waals surface area contributed by atoms with Crippen molar-refractivity contribution in [1.29, 1.82) is 0 Å². The van der Waals surface area contributed by atoms with E-state index >= 15 is 0 Å². The molecule has 2 N–H and O–H groups in total. The Kier molecular flexibility index (Phi) is 6.16. The van der Waals surface area contributed by atoms with Crippen LogP contribution in [0.15, 0.2) is 60.7 Å². The molecular weight excluding hydrogens is 276 g/mol. The lowest BCUT2D eigenvalue weighted by Crippen LogP contribution is -2.23. The van der Waals surface area contributed by atoms with Crippen LogP contribution in [0.25, 0.3) is 0 Å². The molecule has 3 nitrogen and oxygen atoms in total. The van der Waals surface area contributed by atoms with Crippen LogP contribution in [0.1, 0.15) is 24.0 Å². The number of aliphatic carboxylic acids is 1. The van der Waals surface area contributed by atoms with Gasteiger partial charge in [-0.3, -0.25) is 4.79 Å². The van der Waals surface area contributed by atoms with Crippen molar-refractivity contribution in [1.82, 2.24) is 0 Å². The van der Waals surface area contributed by atoms with E-state index in [0.29, 0.717) is 12.8 Å². The Morgan fingerprint density at radius 3 is 2.00 bits per heavy atom. The maximum Gasteiger partial charge on any atom is 0.306 e. The summed E-state index contributed by atoms with van der Waals surface area (Å²) in [4.78, 5) is 11.4. The number of hydrogen-bond donors (Lipinski definition) is 2.